The van der Waals surface area contributed by atoms with Gasteiger partial charge in [0.25, 0.3) is 0 Å². The van der Waals surface area contributed by atoms with E-state index in [0.717, 1.165) is 12.8 Å². The molecule has 26 heavy (non-hydrogen) atoms. The van der Waals surface area contributed by atoms with Gasteiger partial charge in [0.2, 0.25) is 5.91 Å². The first-order valence-corrected chi connectivity index (χ1v) is 10.8. The number of aliphatic hydroxyl groups is 2. The first-order valence-electron chi connectivity index (χ1n) is 10.8. The van der Waals surface area contributed by atoms with E-state index in [4.69, 9.17) is 5.11 Å². The Labute approximate surface area is 161 Å². The van der Waals surface area contributed by atoms with Crippen molar-refractivity contribution in [3.8, 4) is 0 Å². The lowest BCUT2D eigenvalue weighted by Crippen LogP contribution is -2.44. The molecule has 0 fully saturated rings. The smallest absolute Gasteiger partial charge is 0.217 e. The monoisotopic (exact) mass is 369 g/mol. The first kappa shape index (κ1) is 25.1. The van der Waals surface area contributed by atoms with Gasteiger partial charge in [0, 0.05) is 6.92 Å². The standard InChI is InChI=1S/C22H43NO3/c1-3-4-5-6-7-8-9-10-11-12-13-14-15-16-17-18-22(26)21(19-24)23-20(2)25/h17-18,21-22,24,26H,3-16,19H2,1-2H3,(H,23,25)/t21-,22+/m0/s1. The van der Waals surface area contributed by atoms with Crippen LogP contribution in [0.5, 0.6) is 0 Å². The van der Waals surface area contributed by atoms with Gasteiger partial charge in [-0.1, -0.05) is 96.1 Å². The molecule has 0 radical (unpaired) electrons. The van der Waals surface area contributed by atoms with Gasteiger partial charge in [0.15, 0.2) is 0 Å². The van der Waals surface area contributed by atoms with Crippen molar-refractivity contribution < 1.29 is 15.0 Å². The maximum atomic E-state index is 11.0. The number of unbranched alkanes of at least 4 members (excludes halogenated alkanes) is 13. The zero-order valence-electron chi connectivity index (χ0n) is 17.2. The Kier molecular flexibility index (Phi) is 18.3. The average Bonchev–Trinajstić information content (AvgIpc) is 2.62. The summed E-state index contributed by atoms with van der Waals surface area (Å²) in [5.74, 6) is -0.243. The molecular formula is C22H43NO3. The highest BCUT2D eigenvalue weighted by Gasteiger charge is 2.15. The highest BCUT2D eigenvalue weighted by atomic mass is 16.3. The second-order valence-electron chi connectivity index (χ2n) is 7.44. The van der Waals surface area contributed by atoms with Crippen molar-refractivity contribution in [3.63, 3.8) is 0 Å². The minimum absolute atomic E-state index is 0.243. The number of aliphatic hydroxyl groups excluding tert-OH is 2. The van der Waals surface area contributed by atoms with Crippen molar-refractivity contribution in [2.24, 2.45) is 0 Å². The van der Waals surface area contributed by atoms with Crippen LogP contribution in [0.3, 0.4) is 0 Å². The average molecular weight is 370 g/mol. The molecule has 154 valence electrons. The van der Waals surface area contributed by atoms with E-state index in [0.29, 0.717) is 0 Å². The third-order valence-corrected chi connectivity index (χ3v) is 4.81. The zero-order valence-corrected chi connectivity index (χ0v) is 17.2. The first-order chi connectivity index (χ1) is 12.6. The van der Waals surface area contributed by atoms with Crippen LogP contribution in [0.4, 0.5) is 0 Å². The van der Waals surface area contributed by atoms with Gasteiger partial charge in [-0.25, -0.2) is 0 Å². The van der Waals surface area contributed by atoms with Gasteiger partial charge in [-0.2, -0.15) is 0 Å². The van der Waals surface area contributed by atoms with Gasteiger partial charge >= 0.3 is 0 Å². The molecule has 1 amide bonds. The van der Waals surface area contributed by atoms with Crippen LogP contribution in [0.15, 0.2) is 12.2 Å². The summed E-state index contributed by atoms with van der Waals surface area (Å²) in [6, 6.07) is -0.615. The second-order valence-corrected chi connectivity index (χ2v) is 7.44. The van der Waals surface area contributed by atoms with E-state index >= 15 is 0 Å². The van der Waals surface area contributed by atoms with Crippen molar-refractivity contribution in [1.29, 1.82) is 0 Å². The van der Waals surface area contributed by atoms with Gasteiger partial charge in [0.1, 0.15) is 0 Å². The zero-order chi connectivity index (χ0) is 19.5. The van der Waals surface area contributed by atoms with Crippen molar-refractivity contribution in [2.45, 2.75) is 116 Å². The predicted octanol–water partition coefficient (Wildman–Crippen LogP) is 4.88. The summed E-state index contributed by atoms with van der Waals surface area (Å²) < 4.78 is 0. The summed E-state index contributed by atoms with van der Waals surface area (Å²) in [5.41, 5.74) is 0. The number of carbonyl (C=O) groups is 1. The van der Waals surface area contributed by atoms with Gasteiger partial charge in [-0.15, -0.1) is 0 Å². The minimum Gasteiger partial charge on any atom is -0.394 e. The highest BCUT2D eigenvalue weighted by Crippen LogP contribution is 2.13. The summed E-state index contributed by atoms with van der Waals surface area (Å²) >= 11 is 0. The fourth-order valence-corrected chi connectivity index (χ4v) is 3.15. The Hall–Kier alpha value is -0.870. The third kappa shape index (κ3) is 16.6. The van der Waals surface area contributed by atoms with Crippen molar-refractivity contribution in [3.05, 3.63) is 12.2 Å². The van der Waals surface area contributed by atoms with Crippen LogP contribution < -0.4 is 5.32 Å². The summed E-state index contributed by atoms with van der Waals surface area (Å²) in [4.78, 5) is 11.0. The molecule has 0 saturated carbocycles. The second kappa shape index (κ2) is 18.9. The summed E-state index contributed by atoms with van der Waals surface area (Å²) in [6.45, 7) is 3.39. The molecule has 4 nitrogen and oxygen atoms in total. The largest absolute Gasteiger partial charge is 0.394 e. The van der Waals surface area contributed by atoms with Crippen molar-refractivity contribution in [2.75, 3.05) is 6.61 Å². The van der Waals surface area contributed by atoms with Crippen molar-refractivity contribution in [1.82, 2.24) is 5.32 Å². The molecule has 2 atom stereocenters. The number of hydrogen-bond acceptors (Lipinski definition) is 3. The molecule has 0 bridgehead atoms. The molecule has 0 aromatic heterocycles. The van der Waals surface area contributed by atoms with Gasteiger partial charge in [-0.05, 0) is 12.8 Å². The number of rotatable bonds is 18. The summed E-state index contributed by atoms with van der Waals surface area (Å²) in [6.07, 6.45) is 21.2. The van der Waals surface area contributed by atoms with E-state index in [1.54, 1.807) is 6.08 Å². The van der Waals surface area contributed by atoms with Gasteiger partial charge < -0.3 is 15.5 Å². The number of allylic oxidation sites excluding steroid dienone is 1. The Morgan fingerprint density at radius 2 is 1.35 bits per heavy atom. The predicted molar refractivity (Wildman–Crippen MR) is 110 cm³/mol. The number of carbonyl (C=O) groups excluding carboxylic acids is 1. The van der Waals surface area contributed by atoms with Crippen LogP contribution in [0.2, 0.25) is 0 Å². The molecule has 0 saturated heterocycles. The molecule has 0 aliphatic carbocycles. The minimum atomic E-state index is -0.828. The SMILES string of the molecule is CCCCCCCCCCCCCCCC=C[C@@H](O)[C@H](CO)NC(C)=O. The molecule has 0 aromatic rings. The van der Waals surface area contributed by atoms with Crippen LogP contribution in [-0.2, 0) is 4.79 Å². The summed E-state index contributed by atoms with van der Waals surface area (Å²) in [5, 5.41) is 21.6. The molecule has 4 heteroatoms. The Morgan fingerprint density at radius 1 is 0.885 bits per heavy atom. The van der Waals surface area contributed by atoms with Crippen LogP contribution in [-0.4, -0.2) is 34.9 Å². The lowest BCUT2D eigenvalue weighted by Gasteiger charge is -2.18. The molecule has 0 aromatic carbocycles. The van der Waals surface area contributed by atoms with Crippen LogP contribution in [0.25, 0.3) is 0 Å². The number of amides is 1. The van der Waals surface area contributed by atoms with Crippen LogP contribution >= 0.6 is 0 Å². The van der Waals surface area contributed by atoms with Gasteiger partial charge in [-0.3, -0.25) is 4.79 Å². The summed E-state index contributed by atoms with van der Waals surface area (Å²) in [7, 11) is 0. The number of nitrogens with one attached hydrogen (secondary N) is 1. The lowest BCUT2D eigenvalue weighted by atomic mass is 10.0. The molecule has 0 spiro atoms. The van der Waals surface area contributed by atoms with E-state index in [1.807, 2.05) is 6.08 Å². The fourth-order valence-electron chi connectivity index (χ4n) is 3.15. The highest BCUT2D eigenvalue weighted by molar-refractivity contribution is 5.73. The molecule has 0 aliphatic rings. The maximum Gasteiger partial charge on any atom is 0.217 e. The molecule has 0 rings (SSSR count). The molecule has 3 N–H and O–H groups in total. The normalized spacial score (nSPS) is 13.8. The Bertz CT molecular complexity index is 344. The fraction of sp³-hybridized carbons (Fsp3) is 0.864. The molecule has 0 aliphatic heterocycles. The van der Waals surface area contributed by atoms with Crippen molar-refractivity contribution >= 4 is 5.91 Å². The van der Waals surface area contributed by atoms with E-state index in [9.17, 15) is 9.90 Å². The molecular weight excluding hydrogens is 326 g/mol. The van der Waals surface area contributed by atoms with E-state index in [1.165, 1.54) is 84.0 Å². The Balaban J connectivity index is 3.41. The van der Waals surface area contributed by atoms with E-state index < -0.39 is 12.1 Å². The third-order valence-electron chi connectivity index (χ3n) is 4.81. The topological polar surface area (TPSA) is 69.6 Å². The lowest BCUT2D eigenvalue weighted by molar-refractivity contribution is -0.120. The number of hydrogen-bond donors (Lipinski definition) is 3. The quantitative estimate of drug-likeness (QED) is 0.238. The van der Waals surface area contributed by atoms with E-state index in [2.05, 4.69) is 12.2 Å². The van der Waals surface area contributed by atoms with Gasteiger partial charge in [0.05, 0.1) is 18.8 Å². The maximum absolute atomic E-state index is 11.0. The molecule has 0 unspecified atom stereocenters. The van der Waals surface area contributed by atoms with Crippen LogP contribution in [0, 0.1) is 0 Å². The Morgan fingerprint density at radius 3 is 1.77 bits per heavy atom. The van der Waals surface area contributed by atoms with Crippen LogP contribution in [0.1, 0.15) is 104 Å². The van der Waals surface area contributed by atoms with E-state index in [-0.39, 0.29) is 12.5 Å². The molecule has 0 heterocycles.